The lowest BCUT2D eigenvalue weighted by Crippen LogP contribution is -2.29. The lowest BCUT2D eigenvalue weighted by Gasteiger charge is -2.15. The number of para-hydroxylation sites is 1. The summed E-state index contributed by atoms with van der Waals surface area (Å²) < 4.78 is 0. The number of carbonyl (C=O) groups is 2. The molecule has 0 heterocycles. The third kappa shape index (κ3) is 4.59. The Bertz CT molecular complexity index is 730. The molecule has 5 heteroatoms. The van der Waals surface area contributed by atoms with Crippen LogP contribution in [0.15, 0.2) is 42.5 Å². The average Bonchev–Trinajstić information content (AvgIpc) is 2.62. The van der Waals surface area contributed by atoms with Crippen LogP contribution in [0.2, 0.25) is 0 Å². The van der Waals surface area contributed by atoms with E-state index in [9.17, 15) is 9.59 Å². The molecule has 0 unspecified atom stereocenters. The van der Waals surface area contributed by atoms with Crippen molar-refractivity contribution in [2.45, 2.75) is 26.7 Å². The minimum Gasteiger partial charge on any atom is -0.378 e. The smallest absolute Gasteiger partial charge is 0.314 e. The molecule has 25 heavy (non-hydrogen) atoms. The first-order chi connectivity index (χ1) is 12.0. The van der Waals surface area contributed by atoms with Gasteiger partial charge < -0.3 is 15.5 Å². The molecule has 0 aliphatic heterocycles. The van der Waals surface area contributed by atoms with E-state index in [1.54, 1.807) is 12.1 Å². The molecule has 0 saturated heterocycles. The Morgan fingerprint density at radius 3 is 1.84 bits per heavy atom. The van der Waals surface area contributed by atoms with Gasteiger partial charge in [0.15, 0.2) is 0 Å². The van der Waals surface area contributed by atoms with Crippen LogP contribution in [0.4, 0.5) is 17.1 Å². The molecule has 0 aliphatic rings. The topological polar surface area (TPSA) is 61.4 Å². The van der Waals surface area contributed by atoms with Gasteiger partial charge in [-0.25, -0.2) is 0 Å². The number of carbonyl (C=O) groups excluding carboxylic acids is 2. The minimum atomic E-state index is -0.675. The Kier molecular flexibility index (Phi) is 6.17. The molecule has 2 aromatic rings. The standard InChI is InChI=1S/C20H25N3O2/c1-5-14-8-7-9-15(6-2)18(14)22-20(25)19(24)21-16-10-12-17(13-11-16)23(3)4/h7-13H,5-6H2,1-4H3,(H,21,24)(H,22,25). The molecule has 0 aliphatic carbocycles. The van der Waals surface area contributed by atoms with Gasteiger partial charge in [0.25, 0.3) is 0 Å². The number of nitrogens with zero attached hydrogens (tertiary/aromatic N) is 1. The van der Waals surface area contributed by atoms with Gasteiger partial charge in [0.05, 0.1) is 0 Å². The Balaban J connectivity index is 2.09. The van der Waals surface area contributed by atoms with E-state index in [1.807, 2.05) is 63.2 Å². The van der Waals surface area contributed by atoms with Crippen LogP contribution in [0.25, 0.3) is 0 Å². The van der Waals surface area contributed by atoms with Crippen molar-refractivity contribution in [3.05, 3.63) is 53.6 Å². The van der Waals surface area contributed by atoms with E-state index in [2.05, 4.69) is 10.6 Å². The fourth-order valence-electron chi connectivity index (χ4n) is 2.60. The highest BCUT2D eigenvalue weighted by molar-refractivity contribution is 6.43. The fraction of sp³-hybridized carbons (Fsp3) is 0.300. The number of aryl methyl sites for hydroxylation is 2. The van der Waals surface area contributed by atoms with Crippen LogP contribution in [0.5, 0.6) is 0 Å². The number of amides is 2. The summed E-state index contributed by atoms with van der Waals surface area (Å²) in [4.78, 5) is 26.5. The molecule has 0 bridgehead atoms. The van der Waals surface area contributed by atoms with Crippen molar-refractivity contribution >= 4 is 28.9 Å². The van der Waals surface area contributed by atoms with Gasteiger partial charge in [0, 0.05) is 31.2 Å². The summed E-state index contributed by atoms with van der Waals surface area (Å²) >= 11 is 0. The lowest BCUT2D eigenvalue weighted by atomic mass is 10.0. The molecule has 2 N–H and O–H groups in total. The van der Waals surface area contributed by atoms with E-state index in [0.29, 0.717) is 5.69 Å². The summed E-state index contributed by atoms with van der Waals surface area (Å²) in [5.74, 6) is -1.34. The Labute approximate surface area is 149 Å². The van der Waals surface area contributed by atoms with Crippen molar-refractivity contribution in [3.63, 3.8) is 0 Å². The third-order valence-electron chi connectivity index (χ3n) is 4.09. The number of rotatable bonds is 5. The van der Waals surface area contributed by atoms with Crippen LogP contribution < -0.4 is 15.5 Å². The summed E-state index contributed by atoms with van der Waals surface area (Å²) in [5.41, 5.74) is 4.40. The molecule has 0 spiro atoms. The Hall–Kier alpha value is -2.82. The zero-order valence-corrected chi connectivity index (χ0v) is 15.2. The summed E-state index contributed by atoms with van der Waals surface area (Å²) in [6.07, 6.45) is 1.58. The average molecular weight is 339 g/mol. The number of benzene rings is 2. The molecule has 0 aromatic heterocycles. The van der Waals surface area contributed by atoms with Crippen LogP contribution >= 0.6 is 0 Å². The second-order valence-electron chi connectivity index (χ2n) is 6.01. The molecule has 0 fully saturated rings. The first kappa shape index (κ1) is 18.5. The predicted octanol–water partition coefficient (Wildman–Crippen LogP) is 3.45. The number of nitrogens with one attached hydrogen (secondary N) is 2. The zero-order chi connectivity index (χ0) is 18.4. The number of anilines is 3. The van der Waals surface area contributed by atoms with Gasteiger partial charge in [0.1, 0.15) is 0 Å². The SMILES string of the molecule is CCc1cccc(CC)c1NC(=O)C(=O)Nc1ccc(N(C)C)cc1. The van der Waals surface area contributed by atoms with Crippen molar-refractivity contribution in [3.8, 4) is 0 Å². The Morgan fingerprint density at radius 1 is 0.840 bits per heavy atom. The summed E-state index contributed by atoms with van der Waals surface area (Å²) in [6, 6.07) is 13.2. The lowest BCUT2D eigenvalue weighted by molar-refractivity contribution is -0.133. The van der Waals surface area contributed by atoms with Crippen LogP contribution in [-0.4, -0.2) is 25.9 Å². The maximum absolute atomic E-state index is 12.3. The highest BCUT2D eigenvalue weighted by Gasteiger charge is 2.17. The largest absolute Gasteiger partial charge is 0.378 e. The highest BCUT2D eigenvalue weighted by atomic mass is 16.2. The van der Waals surface area contributed by atoms with Gasteiger partial charge >= 0.3 is 11.8 Å². The molecule has 5 nitrogen and oxygen atoms in total. The molecule has 0 atom stereocenters. The second-order valence-corrected chi connectivity index (χ2v) is 6.01. The zero-order valence-electron chi connectivity index (χ0n) is 15.2. The summed E-state index contributed by atoms with van der Waals surface area (Å²) in [6.45, 7) is 4.05. The van der Waals surface area contributed by atoms with Crippen LogP contribution in [0.1, 0.15) is 25.0 Å². The molecule has 132 valence electrons. The van der Waals surface area contributed by atoms with E-state index < -0.39 is 11.8 Å². The predicted molar refractivity (Wildman–Crippen MR) is 103 cm³/mol. The number of hydrogen-bond donors (Lipinski definition) is 2. The molecular weight excluding hydrogens is 314 g/mol. The first-order valence-corrected chi connectivity index (χ1v) is 8.46. The van der Waals surface area contributed by atoms with Crippen LogP contribution in [0.3, 0.4) is 0 Å². The highest BCUT2D eigenvalue weighted by Crippen LogP contribution is 2.22. The van der Waals surface area contributed by atoms with Gasteiger partial charge in [-0.1, -0.05) is 32.0 Å². The van der Waals surface area contributed by atoms with Gasteiger partial charge in [-0.3, -0.25) is 9.59 Å². The minimum absolute atomic E-state index is 0.588. The van der Waals surface area contributed by atoms with Crippen LogP contribution in [-0.2, 0) is 22.4 Å². The van der Waals surface area contributed by atoms with E-state index in [-0.39, 0.29) is 0 Å². The quantitative estimate of drug-likeness (QED) is 0.820. The van der Waals surface area contributed by atoms with Crippen molar-refractivity contribution < 1.29 is 9.59 Å². The van der Waals surface area contributed by atoms with Crippen molar-refractivity contribution in [2.24, 2.45) is 0 Å². The van der Waals surface area contributed by atoms with E-state index in [4.69, 9.17) is 0 Å². The normalized spacial score (nSPS) is 10.2. The number of hydrogen-bond acceptors (Lipinski definition) is 3. The maximum Gasteiger partial charge on any atom is 0.314 e. The Morgan fingerprint density at radius 2 is 1.36 bits per heavy atom. The molecule has 2 aromatic carbocycles. The van der Waals surface area contributed by atoms with Gasteiger partial charge in [-0.15, -0.1) is 0 Å². The van der Waals surface area contributed by atoms with E-state index >= 15 is 0 Å². The van der Waals surface area contributed by atoms with E-state index in [0.717, 1.165) is 35.3 Å². The molecule has 0 radical (unpaired) electrons. The summed E-state index contributed by atoms with van der Waals surface area (Å²) in [7, 11) is 3.88. The third-order valence-corrected chi connectivity index (χ3v) is 4.09. The fourth-order valence-corrected chi connectivity index (χ4v) is 2.60. The molecule has 2 amide bonds. The van der Waals surface area contributed by atoms with Gasteiger partial charge in [0.2, 0.25) is 0 Å². The monoisotopic (exact) mass is 339 g/mol. The summed E-state index contributed by atoms with van der Waals surface area (Å²) in [5, 5.41) is 5.40. The molecular formula is C20H25N3O2. The van der Waals surface area contributed by atoms with Crippen molar-refractivity contribution in [2.75, 3.05) is 29.6 Å². The van der Waals surface area contributed by atoms with Crippen molar-refractivity contribution in [1.82, 2.24) is 0 Å². The first-order valence-electron chi connectivity index (χ1n) is 8.46. The van der Waals surface area contributed by atoms with Gasteiger partial charge in [-0.05, 0) is 48.2 Å². The molecule has 2 rings (SSSR count). The maximum atomic E-state index is 12.3. The van der Waals surface area contributed by atoms with Crippen LogP contribution in [0, 0.1) is 0 Å². The van der Waals surface area contributed by atoms with Crippen molar-refractivity contribution in [1.29, 1.82) is 0 Å². The van der Waals surface area contributed by atoms with E-state index in [1.165, 1.54) is 0 Å². The van der Waals surface area contributed by atoms with Gasteiger partial charge in [-0.2, -0.15) is 0 Å². The molecule has 0 saturated carbocycles. The second kappa shape index (κ2) is 8.33.